The lowest BCUT2D eigenvalue weighted by atomic mass is 9.78. The first-order valence-electron chi connectivity index (χ1n) is 8.83. The van der Waals surface area contributed by atoms with Crippen LogP contribution in [0.3, 0.4) is 0 Å². The molecule has 3 amide bonds. The average molecular weight is 359 g/mol. The van der Waals surface area contributed by atoms with E-state index in [0.717, 1.165) is 23.9 Å². The van der Waals surface area contributed by atoms with Gasteiger partial charge in [-0.2, -0.15) is 10.4 Å². The van der Waals surface area contributed by atoms with Gasteiger partial charge in [-0.1, -0.05) is 26.7 Å². The molecule has 2 rings (SSSR count). The first-order chi connectivity index (χ1) is 12.2. The summed E-state index contributed by atoms with van der Waals surface area (Å²) in [6.07, 6.45) is 3.07. The molecule has 8 nitrogen and oxygen atoms in total. The van der Waals surface area contributed by atoms with Crippen molar-refractivity contribution in [2.45, 2.75) is 59.5 Å². The Morgan fingerprint density at radius 3 is 2.65 bits per heavy atom. The van der Waals surface area contributed by atoms with Gasteiger partial charge < -0.3 is 5.32 Å². The van der Waals surface area contributed by atoms with E-state index in [1.807, 2.05) is 6.07 Å². The Balaban J connectivity index is 2.01. The third kappa shape index (κ3) is 4.28. The number of nitriles is 1. The van der Waals surface area contributed by atoms with Gasteiger partial charge in [-0.3, -0.25) is 14.9 Å². The minimum Gasteiger partial charge on any atom is -0.335 e. The van der Waals surface area contributed by atoms with Crippen molar-refractivity contribution in [2.24, 2.45) is 11.8 Å². The summed E-state index contributed by atoms with van der Waals surface area (Å²) >= 11 is 0. The predicted molar refractivity (Wildman–Crippen MR) is 95.3 cm³/mol. The molecule has 1 aliphatic rings. The van der Waals surface area contributed by atoms with Crippen LogP contribution < -0.4 is 16.2 Å². The van der Waals surface area contributed by atoms with Crippen LogP contribution in [0.4, 0.5) is 4.79 Å². The van der Waals surface area contributed by atoms with Gasteiger partial charge >= 0.3 is 6.03 Å². The third-order valence-corrected chi connectivity index (χ3v) is 5.32. The van der Waals surface area contributed by atoms with E-state index in [2.05, 4.69) is 29.6 Å². The van der Waals surface area contributed by atoms with Gasteiger partial charge in [0.05, 0.1) is 5.69 Å². The number of amides is 3. The maximum absolute atomic E-state index is 12.2. The van der Waals surface area contributed by atoms with Crippen LogP contribution in [0.1, 0.15) is 49.9 Å². The lowest BCUT2D eigenvalue weighted by Crippen LogP contribution is -2.50. The second kappa shape index (κ2) is 8.13. The number of aromatic nitrogens is 2. The maximum Gasteiger partial charge on any atom is 0.321 e. The van der Waals surface area contributed by atoms with Crippen LogP contribution >= 0.6 is 0 Å². The fourth-order valence-corrected chi connectivity index (χ4v) is 3.30. The van der Waals surface area contributed by atoms with Gasteiger partial charge in [-0.05, 0) is 37.7 Å². The van der Waals surface area contributed by atoms with Gasteiger partial charge in [0, 0.05) is 6.04 Å². The molecule has 8 heteroatoms. The molecule has 0 spiro atoms. The normalized spacial score (nSPS) is 22.3. The molecule has 1 aromatic heterocycles. The van der Waals surface area contributed by atoms with Crippen molar-refractivity contribution in [3.8, 4) is 6.07 Å². The number of carbonyl (C=O) groups is 2. The highest BCUT2D eigenvalue weighted by atomic mass is 16.2. The molecule has 0 aromatic carbocycles. The lowest BCUT2D eigenvalue weighted by molar-refractivity contribution is -0.120. The smallest absolute Gasteiger partial charge is 0.321 e. The van der Waals surface area contributed by atoms with Crippen molar-refractivity contribution < 1.29 is 9.59 Å². The van der Waals surface area contributed by atoms with Crippen molar-refractivity contribution in [2.75, 3.05) is 0 Å². The summed E-state index contributed by atoms with van der Waals surface area (Å²) in [5, 5.41) is 18.2. The van der Waals surface area contributed by atoms with Crippen LogP contribution in [0.25, 0.3) is 0 Å². The molecule has 3 atom stereocenters. The molecule has 1 fully saturated rings. The van der Waals surface area contributed by atoms with Crippen LogP contribution in [0.2, 0.25) is 0 Å². The summed E-state index contributed by atoms with van der Waals surface area (Å²) in [5.41, 5.74) is 0.302. The van der Waals surface area contributed by atoms with Gasteiger partial charge in [-0.15, -0.1) is 0 Å². The number of hydrogen-bond donors (Lipinski definition) is 2. The lowest BCUT2D eigenvalue weighted by Gasteiger charge is -2.34. The van der Waals surface area contributed by atoms with Gasteiger partial charge in [-0.25, -0.2) is 9.48 Å². The first kappa shape index (κ1) is 19.6. The van der Waals surface area contributed by atoms with E-state index in [1.54, 1.807) is 13.8 Å². The van der Waals surface area contributed by atoms with Crippen LogP contribution in [-0.4, -0.2) is 27.8 Å². The zero-order chi connectivity index (χ0) is 19.4. The highest BCUT2D eigenvalue weighted by Gasteiger charge is 2.28. The summed E-state index contributed by atoms with van der Waals surface area (Å²) < 4.78 is 0.912. The number of urea groups is 1. The molecular weight excluding hydrogens is 334 g/mol. The molecule has 1 heterocycles. The third-order valence-electron chi connectivity index (χ3n) is 5.32. The van der Waals surface area contributed by atoms with Gasteiger partial charge in [0.25, 0.3) is 5.56 Å². The molecule has 2 N–H and O–H groups in total. The van der Waals surface area contributed by atoms with Crippen LogP contribution in [-0.2, 0) is 11.3 Å². The van der Waals surface area contributed by atoms with Crippen LogP contribution in [0, 0.1) is 37.0 Å². The van der Waals surface area contributed by atoms with Crippen molar-refractivity contribution in [3.05, 3.63) is 27.2 Å². The Morgan fingerprint density at radius 2 is 2.00 bits per heavy atom. The molecule has 0 aliphatic heterocycles. The second-order valence-corrected chi connectivity index (χ2v) is 7.06. The summed E-state index contributed by atoms with van der Waals surface area (Å²) in [5.74, 6) is 0.208. The van der Waals surface area contributed by atoms with Crippen molar-refractivity contribution in [1.82, 2.24) is 20.4 Å². The monoisotopic (exact) mass is 359 g/mol. The first-order valence-corrected chi connectivity index (χ1v) is 8.83. The zero-order valence-corrected chi connectivity index (χ0v) is 15.6. The van der Waals surface area contributed by atoms with Gasteiger partial charge in [0.1, 0.15) is 18.2 Å². The molecule has 0 radical (unpaired) electrons. The van der Waals surface area contributed by atoms with Crippen molar-refractivity contribution in [1.29, 1.82) is 5.26 Å². The molecule has 1 aliphatic carbocycles. The largest absolute Gasteiger partial charge is 0.335 e. The minimum atomic E-state index is -0.652. The molecule has 0 saturated heterocycles. The number of aryl methyl sites for hydroxylation is 1. The number of rotatable bonds is 3. The Morgan fingerprint density at radius 1 is 1.31 bits per heavy atom. The van der Waals surface area contributed by atoms with Crippen molar-refractivity contribution in [3.63, 3.8) is 0 Å². The van der Waals surface area contributed by atoms with E-state index < -0.39 is 24.0 Å². The molecule has 26 heavy (non-hydrogen) atoms. The minimum absolute atomic E-state index is 0.0270. The summed E-state index contributed by atoms with van der Waals surface area (Å²) in [6.45, 7) is 7.12. The Bertz CT molecular complexity index is 808. The van der Waals surface area contributed by atoms with E-state index in [9.17, 15) is 14.4 Å². The number of imide groups is 1. The fourth-order valence-electron chi connectivity index (χ4n) is 3.30. The number of nitrogens with zero attached hydrogens (tertiary/aromatic N) is 3. The highest BCUT2D eigenvalue weighted by molar-refractivity contribution is 5.94. The zero-order valence-electron chi connectivity index (χ0n) is 15.6. The Labute approximate surface area is 152 Å². The van der Waals surface area contributed by atoms with Crippen molar-refractivity contribution >= 4 is 11.9 Å². The second-order valence-electron chi connectivity index (χ2n) is 7.06. The summed E-state index contributed by atoms with van der Waals surface area (Å²) in [6, 6.07) is 1.29. The SMILES string of the molecule is Cc1nn(CC(=O)NC(=O)N[C@@H]2CCC[C@@H](C)[C@H]2C)c(=O)c(C#N)c1C. The summed E-state index contributed by atoms with van der Waals surface area (Å²) in [7, 11) is 0. The van der Waals surface area contributed by atoms with Crippen LogP contribution in [0.5, 0.6) is 0 Å². The van der Waals surface area contributed by atoms with E-state index in [0.29, 0.717) is 23.1 Å². The van der Waals surface area contributed by atoms with E-state index in [4.69, 9.17) is 5.26 Å². The van der Waals surface area contributed by atoms with Gasteiger partial charge in [0.2, 0.25) is 5.91 Å². The number of carbonyl (C=O) groups excluding carboxylic acids is 2. The summed E-state index contributed by atoms with van der Waals surface area (Å²) in [4.78, 5) is 36.4. The predicted octanol–water partition coefficient (Wildman–Crippen LogP) is 1.38. The van der Waals surface area contributed by atoms with E-state index in [1.165, 1.54) is 0 Å². The molecular formula is C18H25N5O3. The quantitative estimate of drug-likeness (QED) is 0.845. The Hall–Kier alpha value is -2.69. The standard InChI is InChI=1S/C18H25N5O3/c1-10-6-5-7-15(11(10)2)20-18(26)21-16(24)9-23-17(25)14(8-19)12(3)13(4)22-23/h10-11,15H,5-7,9H2,1-4H3,(H2,20,21,24,26)/t10-,11-,15-/m1/s1. The molecule has 140 valence electrons. The van der Waals surface area contributed by atoms with Crippen LogP contribution in [0.15, 0.2) is 4.79 Å². The molecule has 1 saturated carbocycles. The van der Waals surface area contributed by atoms with Gasteiger partial charge in [0.15, 0.2) is 0 Å². The molecule has 0 bridgehead atoms. The number of nitrogens with one attached hydrogen (secondary N) is 2. The van der Waals surface area contributed by atoms with E-state index >= 15 is 0 Å². The molecule has 0 unspecified atom stereocenters. The highest BCUT2D eigenvalue weighted by Crippen LogP contribution is 2.29. The fraction of sp³-hybridized carbons (Fsp3) is 0.611. The topological polar surface area (TPSA) is 117 Å². The van der Waals surface area contributed by atoms with E-state index in [-0.39, 0.29) is 11.6 Å². The molecule has 1 aromatic rings. The average Bonchev–Trinajstić information content (AvgIpc) is 2.57. The number of hydrogen-bond acceptors (Lipinski definition) is 5. The Kier molecular flexibility index (Phi) is 6.14. The maximum atomic E-state index is 12.2.